The van der Waals surface area contributed by atoms with E-state index in [4.69, 9.17) is 14.8 Å². The first-order chi connectivity index (χ1) is 14.4. The molecule has 2 unspecified atom stereocenters. The first-order valence-corrected chi connectivity index (χ1v) is 9.13. The molecule has 0 saturated carbocycles. The SMILES string of the molecule is CC(NC(=O)OCc1ccccc1)C(=O)NC(Cc1ccccc1)C(=O)O.OBO. The number of rotatable bonds is 8. The predicted octanol–water partition coefficient (Wildman–Crippen LogP) is 0.351. The summed E-state index contributed by atoms with van der Waals surface area (Å²) in [6, 6.07) is 16.1. The van der Waals surface area contributed by atoms with Crippen molar-refractivity contribution in [2.24, 2.45) is 0 Å². The highest BCUT2D eigenvalue weighted by Gasteiger charge is 2.24. The van der Waals surface area contributed by atoms with Gasteiger partial charge in [0, 0.05) is 6.42 Å². The van der Waals surface area contributed by atoms with Gasteiger partial charge in [-0.3, -0.25) is 4.79 Å². The number of carbonyl (C=O) groups excluding carboxylic acids is 2. The van der Waals surface area contributed by atoms with Gasteiger partial charge in [0.1, 0.15) is 18.7 Å². The number of ether oxygens (including phenoxy) is 1. The van der Waals surface area contributed by atoms with E-state index in [9.17, 15) is 19.5 Å². The molecule has 2 rings (SSSR count). The molecular formula is C20H25BN2O7. The molecule has 0 radical (unpaired) electrons. The molecule has 10 heteroatoms. The van der Waals surface area contributed by atoms with E-state index in [0.717, 1.165) is 11.1 Å². The van der Waals surface area contributed by atoms with Crippen molar-refractivity contribution in [3.05, 3.63) is 71.8 Å². The first kappa shape index (κ1) is 24.7. The number of hydrogen-bond acceptors (Lipinski definition) is 6. The molecule has 2 amide bonds. The summed E-state index contributed by atoms with van der Waals surface area (Å²) >= 11 is 0. The summed E-state index contributed by atoms with van der Waals surface area (Å²) < 4.78 is 5.05. The smallest absolute Gasteiger partial charge is 0.432 e. The van der Waals surface area contributed by atoms with Crippen molar-refractivity contribution < 1.29 is 34.3 Å². The molecule has 0 spiro atoms. The van der Waals surface area contributed by atoms with Gasteiger partial charge in [-0.2, -0.15) is 0 Å². The van der Waals surface area contributed by atoms with Crippen LogP contribution in [-0.2, 0) is 27.4 Å². The average Bonchev–Trinajstić information content (AvgIpc) is 2.73. The Kier molecular flexibility index (Phi) is 11.3. The molecule has 0 bridgehead atoms. The van der Waals surface area contributed by atoms with Crippen molar-refractivity contribution >= 4 is 25.7 Å². The fourth-order valence-corrected chi connectivity index (χ4v) is 2.35. The summed E-state index contributed by atoms with van der Waals surface area (Å²) in [5.74, 6) is -1.75. The number of amides is 2. The Bertz CT molecular complexity index is 790. The van der Waals surface area contributed by atoms with Crippen LogP contribution in [0.5, 0.6) is 0 Å². The average molecular weight is 416 g/mol. The van der Waals surface area contributed by atoms with Gasteiger partial charge >= 0.3 is 19.7 Å². The van der Waals surface area contributed by atoms with Crippen LogP contribution < -0.4 is 10.6 Å². The fraction of sp³-hybridized carbons (Fsp3) is 0.250. The number of carbonyl (C=O) groups is 3. The maximum absolute atomic E-state index is 12.2. The number of carboxylic acids is 1. The van der Waals surface area contributed by atoms with Crippen LogP contribution in [0.4, 0.5) is 4.79 Å². The Morgan fingerprint density at radius 1 is 0.933 bits per heavy atom. The van der Waals surface area contributed by atoms with E-state index < -0.39 is 37.7 Å². The second kappa shape index (κ2) is 13.8. The van der Waals surface area contributed by atoms with Crippen molar-refractivity contribution in [1.29, 1.82) is 0 Å². The first-order valence-electron chi connectivity index (χ1n) is 9.13. The van der Waals surface area contributed by atoms with E-state index in [0.29, 0.717) is 0 Å². The number of hydrogen-bond donors (Lipinski definition) is 5. The minimum absolute atomic E-state index is 0.0762. The normalized spacial score (nSPS) is 11.7. The molecule has 9 nitrogen and oxygen atoms in total. The van der Waals surface area contributed by atoms with Crippen LogP contribution in [-0.4, -0.2) is 52.9 Å². The summed E-state index contributed by atoms with van der Waals surface area (Å²) in [6.45, 7) is 1.54. The van der Waals surface area contributed by atoms with Gasteiger partial charge in [-0.1, -0.05) is 60.7 Å². The molecule has 30 heavy (non-hydrogen) atoms. The van der Waals surface area contributed by atoms with Crippen molar-refractivity contribution in [2.45, 2.75) is 32.0 Å². The molecule has 0 heterocycles. The quantitative estimate of drug-likeness (QED) is 0.391. The largest absolute Gasteiger partial charge is 0.480 e. The lowest BCUT2D eigenvalue weighted by atomic mass is 10.1. The molecule has 0 saturated heterocycles. The topological polar surface area (TPSA) is 145 Å². The van der Waals surface area contributed by atoms with Crippen LogP contribution in [0.25, 0.3) is 0 Å². The number of alkyl carbamates (subject to hydrolysis) is 1. The minimum atomic E-state index is -1.15. The highest BCUT2D eigenvalue weighted by molar-refractivity contribution is 6.13. The third-order valence-corrected chi connectivity index (χ3v) is 3.84. The lowest BCUT2D eigenvalue weighted by Crippen LogP contribution is -2.51. The number of aliphatic carboxylic acids is 1. The van der Waals surface area contributed by atoms with E-state index in [1.165, 1.54) is 6.92 Å². The van der Waals surface area contributed by atoms with Gasteiger partial charge < -0.3 is 30.5 Å². The standard InChI is InChI=1S/C20H22N2O5.BH3O2/c1-14(21-20(26)27-13-16-10-6-3-7-11-16)18(23)22-17(19(24)25)12-15-8-4-2-5-9-15;2-1-3/h2-11,14,17H,12-13H2,1H3,(H,21,26)(H,22,23)(H,24,25);1-3H. The lowest BCUT2D eigenvalue weighted by molar-refractivity contribution is -0.142. The van der Waals surface area contributed by atoms with E-state index in [-0.39, 0.29) is 13.0 Å². The molecule has 0 aliphatic heterocycles. The molecular weight excluding hydrogens is 391 g/mol. The highest BCUT2D eigenvalue weighted by Crippen LogP contribution is 2.04. The van der Waals surface area contributed by atoms with Gasteiger partial charge in [-0.05, 0) is 18.1 Å². The molecule has 2 aromatic carbocycles. The molecule has 0 aromatic heterocycles. The van der Waals surface area contributed by atoms with Gasteiger partial charge in [0.25, 0.3) is 0 Å². The summed E-state index contributed by atoms with van der Waals surface area (Å²) in [6.07, 6.45) is -0.607. The number of nitrogens with one attached hydrogen (secondary N) is 2. The van der Waals surface area contributed by atoms with Crippen LogP contribution in [0, 0.1) is 0 Å². The predicted molar refractivity (Wildman–Crippen MR) is 111 cm³/mol. The molecule has 2 atom stereocenters. The van der Waals surface area contributed by atoms with Crippen LogP contribution in [0.3, 0.4) is 0 Å². The lowest BCUT2D eigenvalue weighted by Gasteiger charge is -2.18. The Hall–Kier alpha value is -3.37. The van der Waals surface area contributed by atoms with Crippen LogP contribution in [0.15, 0.2) is 60.7 Å². The monoisotopic (exact) mass is 416 g/mol. The van der Waals surface area contributed by atoms with Crippen molar-refractivity contribution in [3.8, 4) is 0 Å². The fourth-order valence-electron chi connectivity index (χ4n) is 2.35. The second-order valence-corrected chi connectivity index (χ2v) is 6.16. The third-order valence-electron chi connectivity index (χ3n) is 3.84. The zero-order chi connectivity index (χ0) is 22.4. The summed E-state index contributed by atoms with van der Waals surface area (Å²) in [5.41, 5.74) is 1.60. The van der Waals surface area contributed by atoms with Crippen molar-refractivity contribution in [1.82, 2.24) is 10.6 Å². The maximum atomic E-state index is 12.2. The van der Waals surface area contributed by atoms with Gasteiger partial charge in [0.15, 0.2) is 0 Å². The van der Waals surface area contributed by atoms with E-state index in [1.807, 2.05) is 36.4 Å². The van der Waals surface area contributed by atoms with Gasteiger partial charge in [0.05, 0.1) is 0 Å². The van der Waals surface area contributed by atoms with Gasteiger partial charge in [0.2, 0.25) is 5.91 Å². The molecule has 5 N–H and O–H groups in total. The minimum Gasteiger partial charge on any atom is -0.480 e. The van der Waals surface area contributed by atoms with Gasteiger partial charge in [-0.25, -0.2) is 9.59 Å². The Labute approximate surface area is 175 Å². The molecule has 0 aliphatic carbocycles. The van der Waals surface area contributed by atoms with Gasteiger partial charge in [-0.15, -0.1) is 0 Å². The number of carboxylic acid groups (broad SMARTS) is 1. The van der Waals surface area contributed by atoms with Crippen LogP contribution in [0.2, 0.25) is 0 Å². The number of benzene rings is 2. The Balaban J connectivity index is 0.00000141. The Morgan fingerprint density at radius 3 is 1.93 bits per heavy atom. The van der Waals surface area contributed by atoms with Crippen LogP contribution in [0.1, 0.15) is 18.1 Å². The van der Waals surface area contributed by atoms with Crippen molar-refractivity contribution in [3.63, 3.8) is 0 Å². The van der Waals surface area contributed by atoms with E-state index in [2.05, 4.69) is 10.6 Å². The highest BCUT2D eigenvalue weighted by atomic mass is 16.5. The second-order valence-electron chi connectivity index (χ2n) is 6.16. The molecule has 0 aliphatic rings. The Morgan fingerprint density at radius 2 is 1.43 bits per heavy atom. The molecule has 2 aromatic rings. The summed E-state index contributed by atoms with van der Waals surface area (Å²) in [4.78, 5) is 35.4. The maximum Gasteiger partial charge on any atom is 0.432 e. The molecule has 0 fully saturated rings. The third kappa shape index (κ3) is 9.72. The van der Waals surface area contributed by atoms with E-state index in [1.54, 1.807) is 24.3 Å². The molecule has 160 valence electrons. The zero-order valence-electron chi connectivity index (χ0n) is 16.5. The van der Waals surface area contributed by atoms with Crippen molar-refractivity contribution in [2.75, 3.05) is 0 Å². The van der Waals surface area contributed by atoms with Crippen LogP contribution >= 0.6 is 0 Å². The summed E-state index contributed by atoms with van der Waals surface area (Å²) in [7, 11) is -0.750. The van der Waals surface area contributed by atoms with E-state index >= 15 is 0 Å². The zero-order valence-corrected chi connectivity index (χ0v) is 16.5. The summed E-state index contributed by atoms with van der Waals surface area (Å²) in [5, 5.41) is 28.4.